The molecule has 0 aliphatic heterocycles. The molecular formula is C22H30Cl2N4O2. The molecule has 0 saturated heterocycles. The van der Waals surface area contributed by atoms with E-state index in [0.29, 0.717) is 18.7 Å². The highest BCUT2D eigenvalue weighted by Gasteiger charge is 2.26. The molecule has 0 heterocycles. The minimum absolute atomic E-state index is 0. The first-order valence-corrected chi connectivity index (χ1v) is 9.74. The Morgan fingerprint density at radius 2 is 1.77 bits per heavy atom. The SMILES string of the molecule is Cl.Cl.NC(=O)CN(Cc1ccccc1)c1cccc(NC(=O)C[C@@H]2CCC[C@H]2N)c1. The third kappa shape index (κ3) is 7.52. The average Bonchev–Trinajstić information content (AvgIpc) is 3.06. The predicted octanol–water partition coefficient (Wildman–Crippen LogP) is 3.48. The molecule has 1 aliphatic carbocycles. The van der Waals surface area contributed by atoms with Gasteiger partial charge in [-0.2, -0.15) is 0 Å². The van der Waals surface area contributed by atoms with Crippen LogP contribution in [0.25, 0.3) is 0 Å². The Morgan fingerprint density at radius 3 is 2.40 bits per heavy atom. The molecule has 30 heavy (non-hydrogen) atoms. The smallest absolute Gasteiger partial charge is 0.236 e. The van der Waals surface area contributed by atoms with Gasteiger partial charge in [-0.25, -0.2) is 0 Å². The maximum Gasteiger partial charge on any atom is 0.236 e. The number of carbonyl (C=O) groups is 2. The standard InChI is InChI=1S/C22H28N4O2.2ClH/c23-20-11-4-8-17(20)12-22(28)25-18-9-5-10-19(13-18)26(15-21(24)27)14-16-6-2-1-3-7-16;;/h1-3,5-7,9-10,13,17,20H,4,8,11-12,14-15,23H2,(H2,24,27)(H,25,28);2*1H/t17-,20+;;/m0../s1. The molecule has 6 nitrogen and oxygen atoms in total. The highest BCUT2D eigenvalue weighted by molar-refractivity contribution is 5.91. The fourth-order valence-corrected chi connectivity index (χ4v) is 3.78. The normalized spacial score (nSPS) is 17.4. The Hall–Kier alpha value is -2.28. The summed E-state index contributed by atoms with van der Waals surface area (Å²) in [5.74, 6) is -0.169. The van der Waals surface area contributed by atoms with Crippen LogP contribution in [0, 0.1) is 5.92 Å². The number of benzene rings is 2. The number of primary amides is 1. The first kappa shape index (κ1) is 25.8. The van der Waals surface area contributed by atoms with E-state index >= 15 is 0 Å². The molecule has 0 unspecified atom stereocenters. The number of nitrogens with zero attached hydrogens (tertiary/aromatic N) is 1. The van der Waals surface area contributed by atoms with Gasteiger partial charge in [-0.3, -0.25) is 9.59 Å². The van der Waals surface area contributed by atoms with Crippen molar-refractivity contribution in [2.75, 3.05) is 16.8 Å². The second kappa shape index (κ2) is 12.4. The van der Waals surface area contributed by atoms with Crippen molar-refractivity contribution in [3.63, 3.8) is 0 Å². The quantitative estimate of drug-likeness (QED) is 0.570. The van der Waals surface area contributed by atoms with E-state index in [1.165, 1.54) is 0 Å². The lowest BCUT2D eigenvalue weighted by molar-refractivity contribution is -0.117. The Balaban J connectivity index is 0.00000225. The number of anilines is 2. The molecule has 1 saturated carbocycles. The Bertz CT molecular complexity index is 820. The van der Waals surface area contributed by atoms with Crippen LogP contribution in [-0.2, 0) is 16.1 Å². The molecule has 1 aliphatic rings. The Kier molecular flexibility index (Phi) is 10.7. The highest BCUT2D eigenvalue weighted by atomic mass is 35.5. The monoisotopic (exact) mass is 452 g/mol. The van der Waals surface area contributed by atoms with Crippen LogP contribution in [0.5, 0.6) is 0 Å². The first-order valence-electron chi connectivity index (χ1n) is 9.74. The Morgan fingerprint density at radius 1 is 1.03 bits per heavy atom. The molecule has 0 bridgehead atoms. The third-order valence-corrected chi connectivity index (χ3v) is 5.22. The average molecular weight is 453 g/mol. The largest absolute Gasteiger partial charge is 0.368 e. The topological polar surface area (TPSA) is 101 Å². The van der Waals surface area contributed by atoms with Crippen LogP contribution in [0.15, 0.2) is 54.6 Å². The predicted molar refractivity (Wildman–Crippen MR) is 126 cm³/mol. The van der Waals surface area contributed by atoms with Gasteiger partial charge in [0.2, 0.25) is 11.8 Å². The van der Waals surface area contributed by atoms with E-state index in [-0.39, 0.29) is 49.2 Å². The van der Waals surface area contributed by atoms with Gasteiger partial charge in [0, 0.05) is 30.4 Å². The van der Waals surface area contributed by atoms with Crippen molar-refractivity contribution < 1.29 is 9.59 Å². The van der Waals surface area contributed by atoms with Crippen molar-refractivity contribution in [3.8, 4) is 0 Å². The van der Waals surface area contributed by atoms with E-state index in [4.69, 9.17) is 11.5 Å². The van der Waals surface area contributed by atoms with E-state index < -0.39 is 5.91 Å². The zero-order valence-corrected chi connectivity index (χ0v) is 18.5. The van der Waals surface area contributed by atoms with Crippen LogP contribution in [0.1, 0.15) is 31.2 Å². The van der Waals surface area contributed by atoms with Crippen molar-refractivity contribution in [3.05, 3.63) is 60.2 Å². The van der Waals surface area contributed by atoms with Crippen molar-refractivity contribution in [1.29, 1.82) is 0 Å². The van der Waals surface area contributed by atoms with Crippen molar-refractivity contribution >= 4 is 48.0 Å². The molecule has 3 rings (SSSR count). The molecule has 0 radical (unpaired) electrons. The summed E-state index contributed by atoms with van der Waals surface area (Å²) >= 11 is 0. The minimum atomic E-state index is -0.402. The molecule has 2 atom stereocenters. The van der Waals surface area contributed by atoms with Crippen molar-refractivity contribution in [1.82, 2.24) is 0 Å². The van der Waals surface area contributed by atoms with E-state index in [1.807, 2.05) is 59.5 Å². The van der Waals surface area contributed by atoms with E-state index in [1.54, 1.807) is 0 Å². The van der Waals surface area contributed by atoms with Gasteiger partial charge in [-0.15, -0.1) is 24.8 Å². The van der Waals surface area contributed by atoms with E-state index in [9.17, 15) is 9.59 Å². The second-order valence-electron chi connectivity index (χ2n) is 7.47. The Labute approximate surface area is 190 Å². The number of halogens is 2. The van der Waals surface area contributed by atoms with Gasteiger partial charge in [0.05, 0.1) is 6.54 Å². The summed E-state index contributed by atoms with van der Waals surface area (Å²) < 4.78 is 0. The molecule has 0 spiro atoms. The fourth-order valence-electron chi connectivity index (χ4n) is 3.78. The van der Waals surface area contributed by atoms with Crippen molar-refractivity contribution in [2.45, 2.75) is 38.3 Å². The summed E-state index contributed by atoms with van der Waals surface area (Å²) in [6, 6.07) is 17.5. The molecule has 8 heteroatoms. The fraction of sp³-hybridized carbons (Fsp3) is 0.364. The number of amides is 2. The second-order valence-corrected chi connectivity index (χ2v) is 7.47. The minimum Gasteiger partial charge on any atom is -0.368 e. The van der Waals surface area contributed by atoms with Gasteiger partial charge in [-0.1, -0.05) is 42.8 Å². The van der Waals surface area contributed by atoms with E-state index in [0.717, 1.165) is 30.5 Å². The van der Waals surface area contributed by atoms with Gasteiger partial charge in [-0.05, 0) is 42.5 Å². The number of carbonyl (C=O) groups excluding carboxylic acids is 2. The maximum atomic E-state index is 12.4. The third-order valence-electron chi connectivity index (χ3n) is 5.22. The summed E-state index contributed by atoms with van der Waals surface area (Å²) in [7, 11) is 0. The first-order chi connectivity index (χ1) is 13.5. The van der Waals surface area contributed by atoms with Crippen LogP contribution in [0.2, 0.25) is 0 Å². The number of hydrogen-bond acceptors (Lipinski definition) is 4. The van der Waals surface area contributed by atoms with Crippen LogP contribution < -0.4 is 21.7 Å². The summed E-state index contributed by atoms with van der Waals surface area (Å²) in [5, 5.41) is 2.96. The van der Waals surface area contributed by atoms with E-state index in [2.05, 4.69) is 5.32 Å². The molecule has 0 aromatic heterocycles. The van der Waals surface area contributed by atoms with Crippen LogP contribution in [-0.4, -0.2) is 24.4 Å². The van der Waals surface area contributed by atoms with Gasteiger partial charge < -0.3 is 21.7 Å². The number of rotatable bonds is 8. The number of nitrogens with one attached hydrogen (secondary N) is 1. The molecule has 164 valence electrons. The van der Waals surface area contributed by atoms with Crippen LogP contribution in [0.3, 0.4) is 0 Å². The summed E-state index contributed by atoms with van der Waals surface area (Å²) in [5.41, 5.74) is 14.1. The lowest BCUT2D eigenvalue weighted by Gasteiger charge is -2.24. The lowest BCUT2D eigenvalue weighted by atomic mass is 10.00. The highest BCUT2D eigenvalue weighted by Crippen LogP contribution is 2.27. The number of hydrogen-bond donors (Lipinski definition) is 3. The van der Waals surface area contributed by atoms with Gasteiger partial charge >= 0.3 is 0 Å². The maximum absolute atomic E-state index is 12.4. The van der Waals surface area contributed by atoms with Crippen molar-refractivity contribution in [2.24, 2.45) is 17.4 Å². The van der Waals surface area contributed by atoms with Crippen LogP contribution >= 0.6 is 24.8 Å². The lowest BCUT2D eigenvalue weighted by Crippen LogP contribution is -2.33. The number of nitrogens with two attached hydrogens (primary N) is 2. The molecule has 2 aromatic rings. The van der Waals surface area contributed by atoms with Gasteiger partial charge in [0.15, 0.2) is 0 Å². The zero-order valence-electron chi connectivity index (χ0n) is 16.8. The summed E-state index contributed by atoms with van der Waals surface area (Å²) in [4.78, 5) is 25.9. The molecule has 2 amide bonds. The summed E-state index contributed by atoms with van der Waals surface area (Å²) in [6.07, 6.45) is 3.55. The van der Waals surface area contributed by atoms with Crippen LogP contribution in [0.4, 0.5) is 11.4 Å². The van der Waals surface area contributed by atoms with Gasteiger partial charge in [0.1, 0.15) is 0 Å². The molecule has 1 fully saturated rings. The molecule has 2 aromatic carbocycles. The molecular weight excluding hydrogens is 423 g/mol. The van der Waals surface area contributed by atoms with Gasteiger partial charge in [0.25, 0.3) is 0 Å². The zero-order chi connectivity index (χ0) is 19.9. The molecule has 5 N–H and O–H groups in total. The summed E-state index contributed by atoms with van der Waals surface area (Å²) in [6.45, 7) is 0.654.